The molecule has 0 fully saturated rings. The summed E-state index contributed by atoms with van der Waals surface area (Å²) in [5.41, 5.74) is 5.81. The highest BCUT2D eigenvalue weighted by Crippen LogP contribution is 2.21. The van der Waals surface area contributed by atoms with Crippen LogP contribution in [0, 0.1) is 0 Å². The third-order valence-corrected chi connectivity index (χ3v) is 4.96. The van der Waals surface area contributed by atoms with Crippen LogP contribution < -0.4 is 15.8 Å². The van der Waals surface area contributed by atoms with Crippen molar-refractivity contribution in [2.75, 3.05) is 18.9 Å². The highest BCUT2D eigenvalue weighted by Gasteiger charge is 2.19. The summed E-state index contributed by atoms with van der Waals surface area (Å²) in [6.45, 7) is 15.4. The first kappa shape index (κ1) is 22.3. The molecule has 8 nitrogen and oxygen atoms in total. The van der Waals surface area contributed by atoms with Gasteiger partial charge in [0.05, 0.1) is 12.2 Å². The lowest BCUT2D eigenvalue weighted by atomic mass is 10.2. The molecule has 9 heteroatoms. The van der Waals surface area contributed by atoms with E-state index in [1.54, 1.807) is 4.68 Å². The lowest BCUT2D eigenvalue weighted by molar-refractivity contribution is 0.0483. The van der Waals surface area contributed by atoms with Crippen LogP contribution in [0.1, 0.15) is 27.7 Å². The Labute approximate surface area is 157 Å². The van der Waals surface area contributed by atoms with Crippen LogP contribution in [-0.4, -0.2) is 48.8 Å². The van der Waals surface area contributed by atoms with Gasteiger partial charge < -0.3 is 25.3 Å². The lowest BCUT2D eigenvalue weighted by Crippen LogP contribution is -2.40. The highest BCUT2D eigenvalue weighted by molar-refractivity contribution is 6.76. The van der Waals surface area contributed by atoms with E-state index in [2.05, 4.69) is 30.1 Å². The number of hydrogen-bond donors (Lipinski definition) is 2. The number of hydrogen-bond acceptors (Lipinski definition) is 6. The van der Waals surface area contributed by atoms with Crippen molar-refractivity contribution >= 4 is 19.9 Å². The number of carbonyl (C=O) groups is 1. The van der Waals surface area contributed by atoms with E-state index in [9.17, 15) is 4.79 Å². The van der Waals surface area contributed by atoms with E-state index in [0.29, 0.717) is 18.2 Å². The molecule has 1 heterocycles. The fourth-order valence-electron chi connectivity index (χ4n) is 1.92. The van der Waals surface area contributed by atoms with Gasteiger partial charge in [-0.15, -0.1) is 0 Å². The van der Waals surface area contributed by atoms with E-state index in [1.165, 1.54) is 6.20 Å². The predicted octanol–water partition coefficient (Wildman–Crippen LogP) is 3.07. The number of carbonyl (C=O) groups excluding carboxylic acids is 1. The minimum Gasteiger partial charge on any atom is -0.474 e. The molecule has 0 radical (unpaired) electrons. The minimum absolute atomic E-state index is 0.240. The Morgan fingerprint density at radius 1 is 1.38 bits per heavy atom. The van der Waals surface area contributed by atoms with Gasteiger partial charge in [0.15, 0.2) is 0 Å². The van der Waals surface area contributed by atoms with Gasteiger partial charge in [0, 0.05) is 14.7 Å². The maximum absolute atomic E-state index is 11.8. The number of anilines is 1. The SMILES string of the molecule is C[C@@H](COc1c(N)cnn1COCC[Si](C)(C)C)NC(=O)OC(C)(C)C. The summed E-state index contributed by atoms with van der Waals surface area (Å²) in [5, 5.41) is 6.90. The van der Waals surface area contributed by atoms with Gasteiger partial charge in [-0.2, -0.15) is 5.10 Å². The van der Waals surface area contributed by atoms with E-state index in [1.807, 2.05) is 27.7 Å². The maximum atomic E-state index is 11.8. The van der Waals surface area contributed by atoms with Crippen molar-refractivity contribution in [3.05, 3.63) is 6.20 Å². The van der Waals surface area contributed by atoms with Gasteiger partial charge in [-0.1, -0.05) is 19.6 Å². The van der Waals surface area contributed by atoms with Crippen LogP contribution in [0.25, 0.3) is 0 Å². The van der Waals surface area contributed by atoms with E-state index in [4.69, 9.17) is 19.9 Å². The molecule has 3 N–H and O–H groups in total. The van der Waals surface area contributed by atoms with Gasteiger partial charge in [0.25, 0.3) is 0 Å². The topological polar surface area (TPSA) is 101 Å². The number of ether oxygens (including phenoxy) is 3. The monoisotopic (exact) mass is 386 g/mol. The van der Waals surface area contributed by atoms with Crippen molar-refractivity contribution in [2.24, 2.45) is 0 Å². The molecular formula is C17H34N4O4Si. The van der Waals surface area contributed by atoms with Gasteiger partial charge in [0.1, 0.15) is 24.6 Å². The fraction of sp³-hybridized carbons (Fsp3) is 0.765. The molecule has 1 atom stereocenters. The first-order valence-electron chi connectivity index (χ1n) is 8.89. The van der Waals surface area contributed by atoms with Gasteiger partial charge in [-0.25, -0.2) is 9.48 Å². The predicted molar refractivity (Wildman–Crippen MR) is 105 cm³/mol. The van der Waals surface area contributed by atoms with E-state index in [-0.39, 0.29) is 19.4 Å². The second kappa shape index (κ2) is 9.27. The molecule has 0 bridgehead atoms. The lowest BCUT2D eigenvalue weighted by Gasteiger charge is -2.22. The van der Waals surface area contributed by atoms with Crippen molar-refractivity contribution in [1.82, 2.24) is 15.1 Å². The smallest absolute Gasteiger partial charge is 0.407 e. The molecule has 1 aromatic rings. The molecule has 1 amide bonds. The summed E-state index contributed by atoms with van der Waals surface area (Å²) >= 11 is 0. The first-order valence-corrected chi connectivity index (χ1v) is 12.6. The van der Waals surface area contributed by atoms with Gasteiger partial charge >= 0.3 is 6.09 Å². The van der Waals surface area contributed by atoms with Crippen molar-refractivity contribution in [2.45, 2.75) is 71.8 Å². The summed E-state index contributed by atoms with van der Waals surface area (Å²) in [6.07, 6.45) is 1.05. The standard InChI is InChI=1S/C17H34N4O4Si/c1-13(20-16(22)25-17(2,3)4)11-24-15-14(18)10-19-21(15)12-23-8-9-26(5,6)7/h10,13H,8-9,11-12,18H2,1-7H3,(H,20,22)/t13-/m0/s1. The largest absolute Gasteiger partial charge is 0.474 e. The highest BCUT2D eigenvalue weighted by atomic mass is 28.3. The summed E-state index contributed by atoms with van der Waals surface area (Å²) in [6, 6.07) is 0.831. The van der Waals surface area contributed by atoms with Crippen molar-refractivity contribution < 1.29 is 19.0 Å². The summed E-state index contributed by atoms with van der Waals surface area (Å²) in [5.74, 6) is 0.441. The van der Waals surface area contributed by atoms with Crippen molar-refractivity contribution in [1.29, 1.82) is 0 Å². The van der Waals surface area contributed by atoms with Crippen LogP contribution in [0.4, 0.5) is 10.5 Å². The summed E-state index contributed by atoms with van der Waals surface area (Å²) in [4.78, 5) is 11.8. The Kier molecular flexibility index (Phi) is 7.95. The third-order valence-electron chi connectivity index (χ3n) is 3.26. The van der Waals surface area contributed by atoms with Crippen LogP contribution in [0.2, 0.25) is 25.7 Å². The normalized spacial score (nSPS) is 13.3. The molecule has 0 aliphatic carbocycles. The molecule has 0 unspecified atom stereocenters. The fourth-order valence-corrected chi connectivity index (χ4v) is 2.68. The average molecular weight is 387 g/mol. The van der Waals surface area contributed by atoms with Crippen LogP contribution in [0.15, 0.2) is 6.20 Å². The minimum atomic E-state index is -1.13. The number of rotatable bonds is 9. The van der Waals surface area contributed by atoms with Gasteiger partial charge in [-0.05, 0) is 33.7 Å². The average Bonchev–Trinajstić information content (AvgIpc) is 2.78. The molecule has 1 rings (SSSR count). The number of nitrogens with zero attached hydrogens (tertiary/aromatic N) is 2. The first-order chi connectivity index (χ1) is 11.9. The Morgan fingerprint density at radius 2 is 2.04 bits per heavy atom. The van der Waals surface area contributed by atoms with Crippen LogP contribution >= 0.6 is 0 Å². The molecular weight excluding hydrogens is 352 g/mol. The summed E-state index contributed by atoms with van der Waals surface area (Å²) < 4.78 is 18.2. The Hall–Kier alpha value is -1.74. The zero-order valence-corrected chi connectivity index (χ0v) is 18.1. The Balaban J connectivity index is 2.47. The quantitative estimate of drug-likeness (QED) is 0.500. The van der Waals surface area contributed by atoms with E-state index >= 15 is 0 Å². The summed E-state index contributed by atoms with van der Waals surface area (Å²) in [7, 11) is -1.13. The van der Waals surface area contributed by atoms with E-state index in [0.717, 1.165) is 6.04 Å². The molecule has 150 valence electrons. The molecule has 0 saturated heterocycles. The zero-order valence-electron chi connectivity index (χ0n) is 17.1. The third kappa shape index (κ3) is 9.09. The number of nitrogens with two attached hydrogens (primary N) is 1. The molecule has 0 aliphatic rings. The van der Waals surface area contributed by atoms with Crippen molar-refractivity contribution in [3.63, 3.8) is 0 Å². The Morgan fingerprint density at radius 3 is 2.62 bits per heavy atom. The van der Waals surface area contributed by atoms with Gasteiger partial charge in [0.2, 0.25) is 5.88 Å². The number of nitrogens with one attached hydrogen (secondary N) is 1. The molecule has 1 aromatic heterocycles. The second-order valence-corrected chi connectivity index (χ2v) is 14.2. The number of nitrogen functional groups attached to an aromatic ring is 1. The van der Waals surface area contributed by atoms with Gasteiger partial charge in [-0.3, -0.25) is 0 Å². The van der Waals surface area contributed by atoms with Crippen LogP contribution in [-0.2, 0) is 16.2 Å². The van der Waals surface area contributed by atoms with Crippen LogP contribution in [0.3, 0.4) is 0 Å². The molecule has 26 heavy (non-hydrogen) atoms. The van der Waals surface area contributed by atoms with Crippen LogP contribution in [0.5, 0.6) is 5.88 Å². The second-order valence-electron chi connectivity index (χ2n) is 8.61. The molecule has 0 saturated carbocycles. The number of alkyl carbamates (subject to hydrolysis) is 1. The molecule has 0 spiro atoms. The number of amides is 1. The Bertz CT molecular complexity index is 578. The maximum Gasteiger partial charge on any atom is 0.407 e. The number of aromatic nitrogens is 2. The molecule has 0 aromatic carbocycles. The van der Waals surface area contributed by atoms with E-state index < -0.39 is 19.8 Å². The zero-order chi connectivity index (χ0) is 20.0. The van der Waals surface area contributed by atoms with Crippen molar-refractivity contribution in [3.8, 4) is 5.88 Å². The molecule has 0 aliphatic heterocycles.